The molecule has 0 bridgehead atoms. The summed E-state index contributed by atoms with van der Waals surface area (Å²) in [6.45, 7) is 1.84. The van der Waals surface area contributed by atoms with Crippen molar-refractivity contribution in [3.05, 3.63) is 42.5 Å². The molecule has 2 aromatic rings. The van der Waals surface area contributed by atoms with Gasteiger partial charge in [0.15, 0.2) is 0 Å². The Morgan fingerprint density at radius 1 is 1.12 bits per heavy atom. The summed E-state index contributed by atoms with van der Waals surface area (Å²) in [4.78, 5) is 13.2. The molecule has 1 saturated heterocycles. The van der Waals surface area contributed by atoms with E-state index < -0.39 is 11.9 Å². The molecule has 2 aromatic heterocycles. The van der Waals surface area contributed by atoms with Crippen LogP contribution in [0.25, 0.3) is 0 Å². The molecule has 8 heteroatoms. The number of piperidine rings is 1. The van der Waals surface area contributed by atoms with Gasteiger partial charge in [0.2, 0.25) is 5.88 Å². The molecular formula is C16H17F3N4O. The van der Waals surface area contributed by atoms with Crippen LogP contribution in [-0.4, -0.2) is 34.6 Å². The number of pyridine rings is 1. The summed E-state index contributed by atoms with van der Waals surface area (Å²) in [5.41, 5.74) is -0.909. The highest BCUT2D eigenvalue weighted by Gasteiger charge is 2.33. The van der Waals surface area contributed by atoms with E-state index in [0.29, 0.717) is 37.3 Å². The van der Waals surface area contributed by atoms with Crippen LogP contribution in [0, 0.1) is 5.92 Å². The summed E-state index contributed by atoms with van der Waals surface area (Å²) in [5.74, 6) is 1.26. The predicted molar refractivity (Wildman–Crippen MR) is 81.7 cm³/mol. The van der Waals surface area contributed by atoms with E-state index in [1.54, 1.807) is 12.3 Å². The summed E-state index contributed by atoms with van der Waals surface area (Å²) in [7, 11) is 0. The van der Waals surface area contributed by atoms with E-state index in [1.807, 2.05) is 17.0 Å². The van der Waals surface area contributed by atoms with Crippen LogP contribution in [0.15, 0.2) is 36.8 Å². The zero-order chi connectivity index (χ0) is 17.0. The van der Waals surface area contributed by atoms with Crippen molar-refractivity contribution in [3.63, 3.8) is 0 Å². The molecule has 0 saturated carbocycles. The van der Waals surface area contributed by atoms with E-state index >= 15 is 0 Å². The smallest absolute Gasteiger partial charge is 0.433 e. The number of ether oxygens (including phenoxy) is 1. The molecule has 5 nitrogen and oxygen atoms in total. The van der Waals surface area contributed by atoms with E-state index in [0.717, 1.165) is 25.2 Å². The van der Waals surface area contributed by atoms with Crippen LogP contribution in [0.2, 0.25) is 0 Å². The maximum atomic E-state index is 12.7. The Hall–Kier alpha value is -2.38. The molecule has 1 aliphatic rings. The quantitative estimate of drug-likeness (QED) is 0.857. The van der Waals surface area contributed by atoms with Gasteiger partial charge in [0.25, 0.3) is 0 Å². The molecule has 128 valence electrons. The van der Waals surface area contributed by atoms with Crippen LogP contribution in [0.1, 0.15) is 18.5 Å². The molecule has 0 radical (unpaired) electrons. The van der Waals surface area contributed by atoms with E-state index in [4.69, 9.17) is 4.74 Å². The first kappa shape index (κ1) is 16.5. The minimum absolute atomic E-state index is 0.321. The van der Waals surface area contributed by atoms with Gasteiger partial charge < -0.3 is 9.64 Å². The fourth-order valence-electron chi connectivity index (χ4n) is 2.64. The van der Waals surface area contributed by atoms with Crippen molar-refractivity contribution in [1.82, 2.24) is 15.0 Å². The lowest BCUT2D eigenvalue weighted by molar-refractivity contribution is -0.141. The first-order chi connectivity index (χ1) is 11.5. The fourth-order valence-corrected chi connectivity index (χ4v) is 2.64. The Morgan fingerprint density at radius 2 is 1.92 bits per heavy atom. The van der Waals surface area contributed by atoms with Gasteiger partial charge in [-0.15, -0.1) is 0 Å². The Kier molecular flexibility index (Phi) is 4.82. The van der Waals surface area contributed by atoms with Gasteiger partial charge in [-0.3, -0.25) is 0 Å². The molecule has 1 aliphatic heterocycles. The third-order valence-corrected chi connectivity index (χ3v) is 3.99. The molecule has 0 unspecified atom stereocenters. The lowest BCUT2D eigenvalue weighted by atomic mass is 9.98. The Bertz CT molecular complexity index is 658. The number of nitrogens with zero attached hydrogens (tertiary/aromatic N) is 4. The number of rotatable bonds is 4. The molecule has 0 aliphatic carbocycles. The standard InChI is InChI=1S/C16H17F3N4O/c17-16(18,19)13-9-14(22-11-21-13)23-7-4-12(5-8-23)10-24-15-3-1-2-6-20-15/h1-3,6,9,11-12H,4-5,7-8,10H2. The number of hydrogen-bond acceptors (Lipinski definition) is 5. The van der Waals surface area contributed by atoms with Crippen LogP contribution in [0.4, 0.5) is 19.0 Å². The molecule has 3 rings (SSSR count). The zero-order valence-electron chi connectivity index (χ0n) is 12.9. The average Bonchev–Trinajstić information content (AvgIpc) is 2.61. The van der Waals surface area contributed by atoms with Crippen LogP contribution >= 0.6 is 0 Å². The van der Waals surface area contributed by atoms with Crippen molar-refractivity contribution in [3.8, 4) is 5.88 Å². The summed E-state index contributed by atoms with van der Waals surface area (Å²) < 4.78 is 43.8. The Balaban J connectivity index is 1.53. The molecule has 0 aromatic carbocycles. The average molecular weight is 338 g/mol. The van der Waals surface area contributed by atoms with Gasteiger partial charge in [-0.2, -0.15) is 13.2 Å². The fraction of sp³-hybridized carbons (Fsp3) is 0.438. The SMILES string of the molecule is FC(F)(F)c1cc(N2CCC(COc3ccccn3)CC2)ncn1. The van der Waals surface area contributed by atoms with Gasteiger partial charge in [0.1, 0.15) is 17.8 Å². The maximum absolute atomic E-state index is 12.7. The van der Waals surface area contributed by atoms with Gasteiger partial charge in [0, 0.05) is 31.4 Å². The van der Waals surface area contributed by atoms with Crippen LogP contribution in [0.5, 0.6) is 5.88 Å². The lowest BCUT2D eigenvalue weighted by Gasteiger charge is -2.32. The van der Waals surface area contributed by atoms with Gasteiger partial charge in [0.05, 0.1) is 6.61 Å². The minimum Gasteiger partial charge on any atom is -0.477 e. The number of alkyl halides is 3. The molecule has 3 heterocycles. The zero-order valence-corrected chi connectivity index (χ0v) is 12.9. The Labute approximate surface area is 137 Å². The summed E-state index contributed by atoms with van der Waals surface area (Å²) in [5, 5.41) is 0. The summed E-state index contributed by atoms with van der Waals surface area (Å²) in [6.07, 6.45) is -0.150. The molecule has 0 atom stereocenters. The van der Waals surface area contributed by atoms with Gasteiger partial charge in [-0.05, 0) is 24.8 Å². The monoisotopic (exact) mass is 338 g/mol. The predicted octanol–water partition coefficient (Wildman–Crippen LogP) is 3.19. The number of anilines is 1. The van der Waals surface area contributed by atoms with Crippen molar-refractivity contribution in [2.45, 2.75) is 19.0 Å². The van der Waals surface area contributed by atoms with E-state index in [-0.39, 0.29) is 0 Å². The van der Waals surface area contributed by atoms with E-state index in [2.05, 4.69) is 15.0 Å². The molecule has 0 N–H and O–H groups in total. The second-order valence-electron chi connectivity index (χ2n) is 5.67. The largest absolute Gasteiger partial charge is 0.477 e. The normalized spacial score (nSPS) is 16.2. The van der Waals surface area contributed by atoms with Gasteiger partial charge in [-0.25, -0.2) is 15.0 Å². The first-order valence-corrected chi connectivity index (χ1v) is 7.70. The maximum Gasteiger partial charge on any atom is 0.433 e. The molecule has 0 spiro atoms. The Morgan fingerprint density at radius 3 is 2.58 bits per heavy atom. The third-order valence-electron chi connectivity index (χ3n) is 3.99. The van der Waals surface area contributed by atoms with Crippen molar-refractivity contribution in [2.75, 3.05) is 24.6 Å². The van der Waals surface area contributed by atoms with E-state index in [9.17, 15) is 13.2 Å². The van der Waals surface area contributed by atoms with Crippen molar-refractivity contribution >= 4 is 5.82 Å². The summed E-state index contributed by atoms with van der Waals surface area (Å²) in [6, 6.07) is 6.49. The highest BCUT2D eigenvalue weighted by Crippen LogP contribution is 2.30. The lowest BCUT2D eigenvalue weighted by Crippen LogP contribution is -2.36. The number of halogens is 3. The number of hydrogen-bond donors (Lipinski definition) is 0. The molecule has 1 fully saturated rings. The third kappa shape index (κ3) is 4.12. The van der Waals surface area contributed by atoms with Crippen molar-refractivity contribution < 1.29 is 17.9 Å². The van der Waals surface area contributed by atoms with Crippen LogP contribution in [0.3, 0.4) is 0 Å². The van der Waals surface area contributed by atoms with E-state index in [1.165, 1.54) is 0 Å². The van der Waals surface area contributed by atoms with Crippen LogP contribution < -0.4 is 9.64 Å². The first-order valence-electron chi connectivity index (χ1n) is 7.70. The topological polar surface area (TPSA) is 51.1 Å². The van der Waals surface area contributed by atoms with Crippen LogP contribution in [-0.2, 0) is 6.18 Å². The molecule has 24 heavy (non-hydrogen) atoms. The minimum atomic E-state index is -4.45. The highest BCUT2D eigenvalue weighted by atomic mass is 19.4. The van der Waals surface area contributed by atoms with Crippen molar-refractivity contribution in [1.29, 1.82) is 0 Å². The summed E-state index contributed by atoms with van der Waals surface area (Å²) >= 11 is 0. The van der Waals surface area contributed by atoms with Gasteiger partial charge >= 0.3 is 6.18 Å². The van der Waals surface area contributed by atoms with Gasteiger partial charge in [-0.1, -0.05) is 6.07 Å². The van der Waals surface area contributed by atoms with Crippen molar-refractivity contribution in [2.24, 2.45) is 5.92 Å². The molecular weight excluding hydrogens is 321 g/mol. The second kappa shape index (κ2) is 7.02. The number of aromatic nitrogens is 3. The molecule has 0 amide bonds. The second-order valence-corrected chi connectivity index (χ2v) is 5.67. The highest BCUT2D eigenvalue weighted by molar-refractivity contribution is 5.39.